The quantitative estimate of drug-likeness (QED) is 0.583. The van der Waals surface area contributed by atoms with Gasteiger partial charge in [0.2, 0.25) is 0 Å². The van der Waals surface area contributed by atoms with E-state index in [0.29, 0.717) is 11.9 Å². The Hall–Kier alpha value is -0.0151. The lowest BCUT2D eigenvalue weighted by Gasteiger charge is -2.31. The molecule has 0 spiro atoms. The van der Waals surface area contributed by atoms with Crippen molar-refractivity contribution in [1.29, 1.82) is 0 Å². The molecule has 12 heavy (non-hydrogen) atoms. The van der Waals surface area contributed by atoms with Crippen LogP contribution in [0.5, 0.6) is 0 Å². The first kappa shape index (κ1) is 10.1. The van der Waals surface area contributed by atoms with E-state index >= 15 is 0 Å². The predicted molar refractivity (Wildman–Crippen MR) is 52.1 cm³/mol. The Morgan fingerprint density at radius 3 is 2.67 bits per heavy atom. The Kier molecular flexibility index (Phi) is 3.19. The van der Waals surface area contributed by atoms with E-state index in [9.17, 15) is 0 Å². The Morgan fingerprint density at radius 2 is 2.33 bits per heavy atom. The predicted octanol–water partition coefficient (Wildman–Crippen LogP) is 0.797. The van der Waals surface area contributed by atoms with E-state index in [2.05, 4.69) is 21.7 Å². The molecule has 1 unspecified atom stereocenters. The number of hydrogen-bond donors (Lipinski definition) is 0. The molecule has 0 aromatic carbocycles. The largest absolute Gasteiger partial charge is 0.382 e. The summed E-state index contributed by atoms with van der Waals surface area (Å²) in [6.07, 6.45) is 2.21. The molecule has 2 nitrogen and oxygen atoms in total. The summed E-state index contributed by atoms with van der Waals surface area (Å²) in [7, 11) is 3.89. The zero-order chi connectivity index (χ0) is 9.19. The van der Waals surface area contributed by atoms with E-state index in [-0.39, 0.29) is 5.60 Å². The summed E-state index contributed by atoms with van der Waals surface area (Å²) >= 11 is 0. The first-order valence-corrected chi connectivity index (χ1v) is 4.81. The fourth-order valence-electron chi connectivity index (χ4n) is 2.23. The zero-order valence-corrected chi connectivity index (χ0v) is 8.59. The van der Waals surface area contributed by atoms with Crippen LogP contribution in [0.1, 0.15) is 26.7 Å². The van der Waals surface area contributed by atoms with E-state index in [1.54, 1.807) is 7.11 Å². The number of methoxy groups -OCH3 is 1. The second-order valence-electron chi connectivity index (χ2n) is 3.92. The number of ether oxygens (including phenoxy) is 2. The Balaban J connectivity index is 2.65. The van der Waals surface area contributed by atoms with Crippen LogP contribution in [0.2, 0.25) is 0 Å². The molecular weight excluding hydrogens is 151 g/mol. The smallest absolute Gasteiger partial charge is 0.139 e. The highest BCUT2D eigenvalue weighted by Gasteiger charge is 2.43. The average Bonchev–Trinajstić information content (AvgIpc) is 2.28. The SMILES string of the molecule is B[C@H]1CC(C)[C@](CC)(COC)O1. The molecule has 0 amide bonds. The van der Waals surface area contributed by atoms with Gasteiger partial charge in [0.25, 0.3) is 0 Å². The van der Waals surface area contributed by atoms with Gasteiger partial charge in [0, 0.05) is 13.1 Å². The minimum atomic E-state index is -0.00579. The molecule has 1 rings (SSSR count). The number of rotatable bonds is 3. The molecule has 1 aliphatic rings. The number of hydrogen-bond acceptors (Lipinski definition) is 2. The second-order valence-corrected chi connectivity index (χ2v) is 3.92. The first-order chi connectivity index (χ1) is 5.64. The van der Waals surface area contributed by atoms with Crippen molar-refractivity contribution >= 4 is 7.85 Å². The summed E-state index contributed by atoms with van der Waals surface area (Å²) < 4.78 is 11.1. The van der Waals surface area contributed by atoms with Gasteiger partial charge in [-0.2, -0.15) is 0 Å². The van der Waals surface area contributed by atoms with Crippen LogP contribution in [0.25, 0.3) is 0 Å². The van der Waals surface area contributed by atoms with Crippen molar-refractivity contribution in [3.05, 3.63) is 0 Å². The fraction of sp³-hybridized carbons (Fsp3) is 1.00. The molecule has 0 bridgehead atoms. The van der Waals surface area contributed by atoms with Gasteiger partial charge in [-0.15, -0.1) is 0 Å². The summed E-state index contributed by atoms with van der Waals surface area (Å²) in [5, 5.41) is 0. The average molecular weight is 170 g/mol. The molecule has 0 saturated carbocycles. The molecule has 70 valence electrons. The van der Waals surface area contributed by atoms with Gasteiger partial charge >= 0.3 is 0 Å². The molecule has 0 N–H and O–H groups in total. The highest BCUT2D eigenvalue weighted by atomic mass is 16.5. The summed E-state index contributed by atoms with van der Waals surface area (Å²) in [5.41, 5.74) is -0.00579. The molecular formula is C9H19BO2. The third kappa shape index (κ3) is 1.67. The van der Waals surface area contributed by atoms with E-state index in [1.807, 2.05) is 0 Å². The van der Waals surface area contributed by atoms with Gasteiger partial charge in [0.15, 0.2) is 0 Å². The van der Waals surface area contributed by atoms with Crippen molar-refractivity contribution in [1.82, 2.24) is 0 Å². The van der Waals surface area contributed by atoms with Crippen molar-refractivity contribution in [3.63, 3.8) is 0 Å². The van der Waals surface area contributed by atoms with Crippen LogP contribution in [0.15, 0.2) is 0 Å². The molecule has 1 saturated heterocycles. The van der Waals surface area contributed by atoms with Crippen LogP contribution >= 0.6 is 0 Å². The first-order valence-electron chi connectivity index (χ1n) is 4.81. The topological polar surface area (TPSA) is 18.5 Å². The van der Waals surface area contributed by atoms with Crippen LogP contribution in [0.3, 0.4) is 0 Å². The van der Waals surface area contributed by atoms with Crippen molar-refractivity contribution in [2.24, 2.45) is 5.92 Å². The van der Waals surface area contributed by atoms with E-state index < -0.39 is 0 Å². The molecule has 0 aromatic heterocycles. The van der Waals surface area contributed by atoms with Gasteiger partial charge in [-0.3, -0.25) is 0 Å². The molecule has 1 aliphatic heterocycles. The normalized spacial score (nSPS) is 41.9. The van der Waals surface area contributed by atoms with E-state index in [0.717, 1.165) is 19.4 Å². The zero-order valence-electron chi connectivity index (χ0n) is 8.59. The minimum absolute atomic E-state index is 0.00579. The molecule has 3 atom stereocenters. The van der Waals surface area contributed by atoms with Crippen LogP contribution < -0.4 is 0 Å². The Labute approximate surface area is 76.0 Å². The molecule has 0 aromatic rings. The maximum Gasteiger partial charge on any atom is 0.139 e. The highest BCUT2D eigenvalue weighted by Crippen LogP contribution is 2.37. The molecule has 1 heterocycles. The van der Waals surface area contributed by atoms with Gasteiger partial charge in [0.1, 0.15) is 7.85 Å². The lowest BCUT2D eigenvalue weighted by atomic mass is 9.84. The standard InChI is InChI=1S/C9H19BO2/c1-4-9(6-11-3)7(2)5-8(10)12-9/h7-8H,4-6,10H2,1-3H3/t7?,8-,9+/m1/s1. The maximum absolute atomic E-state index is 5.93. The summed E-state index contributed by atoms with van der Waals surface area (Å²) in [6, 6.07) is 0.398. The second kappa shape index (κ2) is 3.80. The van der Waals surface area contributed by atoms with E-state index in [4.69, 9.17) is 9.47 Å². The van der Waals surface area contributed by atoms with Crippen LogP contribution in [-0.2, 0) is 9.47 Å². The van der Waals surface area contributed by atoms with Gasteiger partial charge in [-0.1, -0.05) is 13.8 Å². The van der Waals surface area contributed by atoms with Crippen molar-refractivity contribution < 1.29 is 9.47 Å². The lowest BCUT2D eigenvalue weighted by molar-refractivity contribution is -0.0815. The molecule has 0 radical (unpaired) electrons. The molecule has 1 fully saturated rings. The van der Waals surface area contributed by atoms with Crippen molar-refractivity contribution in [3.8, 4) is 0 Å². The van der Waals surface area contributed by atoms with Crippen molar-refractivity contribution in [2.75, 3.05) is 13.7 Å². The highest BCUT2D eigenvalue weighted by molar-refractivity contribution is 6.11. The summed E-state index contributed by atoms with van der Waals surface area (Å²) in [6.45, 7) is 5.16. The van der Waals surface area contributed by atoms with Crippen molar-refractivity contribution in [2.45, 2.75) is 38.3 Å². The van der Waals surface area contributed by atoms with Crippen LogP contribution in [-0.4, -0.2) is 33.2 Å². The van der Waals surface area contributed by atoms with Gasteiger partial charge in [0.05, 0.1) is 12.2 Å². The maximum atomic E-state index is 5.93. The fourth-order valence-corrected chi connectivity index (χ4v) is 2.23. The van der Waals surface area contributed by atoms with Gasteiger partial charge in [-0.25, -0.2) is 0 Å². The minimum Gasteiger partial charge on any atom is -0.382 e. The summed E-state index contributed by atoms with van der Waals surface area (Å²) in [4.78, 5) is 0. The third-order valence-corrected chi connectivity index (χ3v) is 3.01. The Bertz CT molecular complexity index is 151. The van der Waals surface area contributed by atoms with Crippen LogP contribution in [0, 0.1) is 5.92 Å². The lowest BCUT2D eigenvalue weighted by Crippen LogP contribution is -2.38. The van der Waals surface area contributed by atoms with Crippen LogP contribution in [0.4, 0.5) is 0 Å². The molecule has 0 aliphatic carbocycles. The van der Waals surface area contributed by atoms with Gasteiger partial charge < -0.3 is 9.47 Å². The van der Waals surface area contributed by atoms with Gasteiger partial charge in [-0.05, 0) is 18.8 Å². The third-order valence-electron chi connectivity index (χ3n) is 3.01. The Morgan fingerprint density at radius 1 is 1.67 bits per heavy atom. The van der Waals surface area contributed by atoms with E-state index in [1.165, 1.54) is 0 Å². The summed E-state index contributed by atoms with van der Waals surface area (Å²) in [5.74, 6) is 0.623. The molecule has 3 heteroatoms. The monoisotopic (exact) mass is 170 g/mol.